The second-order valence-corrected chi connectivity index (χ2v) is 11.9. The molecule has 0 unspecified atom stereocenters. The zero-order chi connectivity index (χ0) is 29.4. The summed E-state index contributed by atoms with van der Waals surface area (Å²) >= 11 is 0. The van der Waals surface area contributed by atoms with E-state index in [-0.39, 0.29) is 24.9 Å². The fraction of sp³-hybridized carbons (Fsp3) is 0.600. The lowest BCUT2D eigenvalue weighted by Gasteiger charge is -2.32. The van der Waals surface area contributed by atoms with Crippen LogP contribution in [0.25, 0.3) is 10.9 Å². The van der Waals surface area contributed by atoms with Crippen LogP contribution in [0.4, 0.5) is 4.79 Å². The highest BCUT2D eigenvalue weighted by atomic mass is 16.6. The van der Waals surface area contributed by atoms with Gasteiger partial charge >= 0.3 is 18.0 Å². The van der Waals surface area contributed by atoms with Crippen LogP contribution in [0.3, 0.4) is 0 Å². The zero-order valence-electron chi connectivity index (χ0n) is 24.5. The summed E-state index contributed by atoms with van der Waals surface area (Å²) in [5.74, 6) is -1.48. The Balaban J connectivity index is 1.77. The third-order valence-electron chi connectivity index (χ3n) is 6.97. The van der Waals surface area contributed by atoms with Crippen molar-refractivity contribution < 1.29 is 28.7 Å². The Kier molecular flexibility index (Phi) is 10.6. The second kappa shape index (κ2) is 13.7. The number of hydrogen-bond donors (Lipinski definition) is 3. The Hall–Kier alpha value is -3.56. The molecule has 1 saturated carbocycles. The number of hydrogen-bond acceptors (Lipinski definition) is 6. The van der Waals surface area contributed by atoms with Crippen molar-refractivity contribution in [2.45, 2.75) is 96.9 Å². The number of ether oxygens (including phenoxy) is 2. The Labute approximate surface area is 236 Å². The van der Waals surface area contributed by atoms with Crippen molar-refractivity contribution in [1.29, 1.82) is 0 Å². The number of aromatic amines is 1. The predicted octanol–water partition coefficient (Wildman–Crippen LogP) is 4.08. The number of H-pyrrole nitrogens is 1. The van der Waals surface area contributed by atoms with E-state index < -0.39 is 41.6 Å². The zero-order valence-corrected chi connectivity index (χ0v) is 24.5. The first-order chi connectivity index (χ1) is 18.9. The van der Waals surface area contributed by atoms with Gasteiger partial charge in [-0.15, -0.1) is 0 Å². The summed E-state index contributed by atoms with van der Waals surface area (Å²) < 4.78 is 10.5. The molecule has 1 aromatic heterocycles. The molecular weight excluding hydrogens is 512 g/mol. The van der Waals surface area contributed by atoms with Crippen LogP contribution in [-0.2, 0) is 30.3 Å². The van der Waals surface area contributed by atoms with Crippen molar-refractivity contribution in [1.82, 2.24) is 20.5 Å². The van der Waals surface area contributed by atoms with Gasteiger partial charge in [0.05, 0.1) is 7.11 Å². The molecule has 10 heteroatoms. The number of urea groups is 1. The lowest BCUT2D eigenvalue weighted by molar-refractivity contribution is -0.156. The van der Waals surface area contributed by atoms with Gasteiger partial charge in [0.2, 0.25) is 5.91 Å². The average molecular weight is 557 g/mol. The fourth-order valence-corrected chi connectivity index (χ4v) is 5.16. The minimum atomic E-state index is -0.948. The Morgan fingerprint density at radius 3 is 2.35 bits per heavy atom. The maximum atomic E-state index is 13.5. The van der Waals surface area contributed by atoms with Crippen LogP contribution < -0.4 is 10.6 Å². The third-order valence-corrected chi connectivity index (χ3v) is 6.97. The SMILES string of the molecule is COC(=O)[C@@H](Cc1c[nH]c2ccccc12)NC(=O)[C@H](CC(C)C)NC(=O)N(CC(=O)OC(C)(C)C)C1CCCC1. The van der Waals surface area contributed by atoms with Gasteiger partial charge in [-0.25, -0.2) is 9.59 Å². The summed E-state index contributed by atoms with van der Waals surface area (Å²) in [6, 6.07) is 5.24. The van der Waals surface area contributed by atoms with E-state index in [4.69, 9.17) is 9.47 Å². The number of nitrogens with zero attached hydrogens (tertiary/aromatic N) is 1. The van der Waals surface area contributed by atoms with E-state index in [1.807, 2.05) is 44.3 Å². The van der Waals surface area contributed by atoms with E-state index in [9.17, 15) is 19.2 Å². The van der Waals surface area contributed by atoms with Crippen molar-refractivity contribution in [2.75, 3.05) is 13.7 Å². The number of fused-ring (bicyclic) bond motifs is 1. The maximum absolute atomic E-state index is 13.5. The maximum Gasteiger partial charge on any atom is 0.328 e. The molecule has 1 heterocycles. The number of nitrogens with one attached hydrogen (secondary N) is 3. The molecule has 0 bridgehead atoms. The van der Waals surface area contributed by atoms with E-state index >= 15 is 0 Å². The Morgan fingerprint density at radius 1 is 1.05 bits per heavy atom. The average Bonchev–Trinajstić information content (AvgIpc) is 3.55. The Morgan fingerprint density at radius 2 is 1.73 bits per heavy atom. The van der Waals surface area contributed by atoms with Crippen LogP contribution in [0, 0.1) is 5.92 Å². The molecular formula is C30H44N4O6. The summed E-state index contributed by atoms with van der Waals surface area (Å²) in [4.78, 5) is 57.1. The minimum Gasteiger partial charge on any atom is -0.467 e. The smallest absolute Gasteiger partial charge is 0.328 e. The summed E-state index contributed by atoms with van der Waals surface area (Å²) in [6.07, 6.45) is 5.89. The van der Waals surface area contributed by atoms with Gasteiger partial charge in [0, 0.05) is 29.6 Å². The highest BCUT2D eigenvalue weighted by molar-refractivity contribution is 5.92. The number of rotatable bonds is 11. The lowest BCUT2D eigenvalue weighted by Crippen LogP contribution is -2.57. The van der Waals surface area contributed by atoms with E-state index in [0.29, 0.717) is 6.42 Å². The molecule has 0 spiro atoms. The molecule has 3 N–H and O–H groups in total. The van der Waals surface area contributed by atoms with Crippen LogP contribution in [0.15, 0.2) is 30.5 Å². The van der Waals surface area contributed by atoms with E-state index in [1.165, 1.54) is 12.0 Å². The largest absolute Gasteiger partial charge is 0.467 e. The molecule has 1 aliphatic rings. The van der Waals surface area contributed by atoms with Gasteiger partial charge in [-0.1, -0.05) is 44.9 Å². The summed E-state index contributed by atoms with van der Waals surface area (Å²) in [6.45, 7) is 9.04. The van der Waals surface area contributed by atoms with Gasteiger partial charge in [0.25, 0.3) is 0 Å². The van der Waals surface area contributed by atoms with Gasteiger partial charge in [-0.2, -0.15) is 0 Å². The van der Waals surface area contributed by atoms with Crippen molar-refractivity contribution in [3.8, 4) is 0 Å². The standard InChI is InChI=1S/C30H44N4O6/c1-19(2)15-24(33-29(38)34(21-11-7-8-12-21)18-26(35)40-30(3,4)5)27(36)32-25(28(37)39-6)16-20-17-31-23-14-10-9-13-22(20)23/h9-10,13-14,17,19,21,24-25,31H,7-8,11-12,15-16,18H2,1-6H3,(H,32,36)(H,33,38)/t24-,25+/m0/s1. The Bertz CT molecular complexity index is 1180. The number of carbonyl (C=O) groups excluding carboxylic acids is 4. The summed E-state index contributed by atoms with van der Waals surface area (Å²) in [5, 5.41) is 6.61. The number of aromatic nitrogens is 1. The molecule has 0 saturated heterocycles. The molecule has 10 nitrogen and oxygen atoms in total. The van der Waals surface area contributed by atoms with E-state index in [0.717, 1.165) is 42.1 Å². The van der Waals surface area contributed by atoms with Gasteiger partial charge in [0.15, 0.2) is 0 Å². The van der Waals surface area contributed by atoms with E-state index in [2.05, 4.69) is 15.6 Å². The molecule has 1 aliphatic carbocycles. The summed E-state index contributed by atoms with van der Waals surface area (Å²) in [7, 11) is 1.28. The topological polar surface area (TPSA) is 130 Å². The molecule has 1 fully saturated rings. The molecule has 40 heavy (non-hydrogen) atoms. The number of esters is 2. The quantitative estimate of drug-likeness (QED) is 0.358. The first kappa shape index (κ1) is 31.0. The van der Waals surface area contributed by atoms with Gasteiger partial charge in [-0.3, -0.25) is 9.59 Å². The molecule has 2 aromatic rings. The first-order valence-corrected chi connectivity index (χ1v) is 14.1. The number of methoxy groups -OCH3 is 1. The number of para-hydroxylation sites is 1. The van der Waals surface area contributed by atoms with Crippen LogP contribution >= 0.6 is 0 Å². The van der Waals surface area contributed by atoms with Crippen molar-refractivity contribution in [2.24, 2.45) is 5.92 Å². The highest BCUT2D eigenvalue weighted by Crippen LogP contribution is 2.24. The van der Waals surface area contributed by atoms with Crippen molar-refractivity contribution >= 4 is 34.8 Å². The monoisotopic (exact) mass is 556 g/mol. The normalized spacial score (nSPS) is 15.5. The first-order valence-electron chi connectivity index (χ1n) is 14.1. The van der Waals surface area contributed by atoms with E-state index in [1.54, 1.807) is 20.8 Å². The minimum absolute atomic E-state index is 0.0760. The molecule has 1 aromatic carbocycles. The van der Waals surface area contributed by atoms with Crippen molar-refractivity contribution in [3.05, 3.63) is 36.0 Å². The second-order valence-electron chi connectivity index (χ2n) is 11.9. The molecule has 3 amide bonds. The van der Waals surface area contributed by atoms with Gasteiger partial charge in [0.1, 0.15) is 24.2 Å². The number of carbonyl (C=O) groups is 4. The summed E-state index contributed by atoms with van der Waals surface area (Å²) in [5.41, 5.74) is 1.11. The molecule has 0 radical (unpaired) electrons. The van der Waals surface area contributed by atoms with Gasteiger partial charge in [-0.05, 0) is 57.6 Å². The van der Waals surface area contributed by atoms with Crippen molar-refractivity contribution in [3.63, 3.8) is 0 Å². The lowest BCUT2D eigenvalue weighted by atomic mass is 10.0. The number of amides is 3. The molecule has 3 rings (SSSR count). The fourth-order valence-electron chi connectivity index (χ4n) is 5.16. The molecule has 0 aliphatic heterocycles. The third kappa shape index (κ3) is 8.72. The van der Waals surface area contributed by atoms with Crippen LogP contribution in [-0.4, -0.2) is 71.1 Å². The van der Waals surface area contributed by atoms with Gasteiger partial charge < -0.3 is 30.0 Å². The predicted molar refractivity (Wildman–Crippen MR) is 153 cm³/mol. The highest BCUT2D eigenvalue weighted by Gasteiger charge is 2.34. The molecule has 2 atom stereocenters. The van der Waals surface area contributed by atoms with Crippen LogP contribution in [0.1, 0.15) is 72.3 Å². The number of benzene rings is 1. The van der Waals surface area contributed by atoms with Crippen LogP contribution in [0.2, 0.25) is 0 Å². The van der Waals surface area contributed by atoms with Crippen LogP contribution in [0.5, 0.6) is 0 Å². The molecule has 220 valence electrons.